The quantitative estimate of drug-likeness (QED) is 0.853. The predicted molar refractivity (Wildman–Crippen MR) is 69.9 cm³/mol. The highest BCUT2D eigenvalue weighted by Crippen LogP contribution is 2.26. The maximum atomic E-state index is 13.6. The van der Waals surface area contributed by atoms with Crippen LogP contribution in [0.5, 0.6) is 0 Å². The van der Waals surface area contributed by atoms with Crippen molar-refractivity contribution in [2.24, 2.45) is 5.73 Å². The van der Waals surface area contributed by atoms with Crippen molar-refractivity contribution < 1.29 is 4.39 Å². The van der Waals surface area contributed by atoms with Crippen LogP contribution in [0.15, 0.2) is 18.2 Å². The molecule has 2 bridgehead atoms. The number of halogens is 1. The van der Waals surface area contributed by atoms with Crippen molar-refractivity contribution in [3.05, 3.63) is 35.1 Å². The summed E-state index contributed by atoms with van der Waals surface area (Å²) in [5, 5.41) is 0. The topological polar surface area (TPSA) is 32.5 Å². The molecule has 4 rings (SSSR count). The lowest BCUT2D eigenvalue weighted by atomic mass is 9.94. The molecule has 1 aromatic rings. The molecule has 2 N–H and O–H groups in total. The van der Waals surface area contributed by atoms with Gasteiger partial charge in [-0.1, -0.05) is 12.1 Å². The van der Waals surface area contributed by atoms with Crippen LogP contribution in [-0.4, -0.2) is 48.6 Å². The summed E-state index contributed by atoms with van der Waals surface area (Å²) >= 11 is 0. The summed E-state index contributed by atoms with van der Waals surface area (Å²) in [6.07, 6.45) is 0. The minimum absolute atomic E-state index is 0.0943. The molecule has 0 saturated carbocycles. The van der Waals surface area contributed by atoms with Crippen molar-refractivity contribution in [3.63, 3.8) is 0 Å². The molecular formula is C14H20FN3. The number of nitrogens with two attached hydrogens (primary N) is 1. The molecular weight excluding hydrogens is 229 g/mol. The Labute approximate surface area is 107 Å². The first-order chi connectivity index (χ1) is 8.65. The number of fused-ring (bicyclic) bond motifs is 3. The SMILES string of the molecule is Cc1ccc(C(N)C2CN3CCN2CC3)cc1F. The van der Waals surface area contributed by atoms with E-state index in [1.54, 1.807) is 13.0 Å². The molecule has 3 fully saturated rings. The van der Waals surface area contributed by atoms with Crippen LogP contribution >= 0.6 is 0 Å². The second-order valence-electron chi connectivity index (χ2n) is 5.44. The lowest BCUT2D eigenvalue weighted by Gasteiger charge is -2.49. The summed E-state index contributed by atoms with van der Waals surface area (Å²) < 4.78 is 13.6. The summed E-state index contributed by atoms with van der Waals surface area (Å²) in [7, 11) is 0. The number of hydrogen-bond acceptors (Lipinski definition) is 3. The van der Waals surface area contributed by atoms with Gasteiger partial charge in [0.25, 0.3) is 0 Å². The molecule has 2 atom stereocenters. The fraction of sp³-hybridized carbons (Fsp3) is 0.571. The smallest absolute Gasteiger partial charge is 0.126 e. The van der Waals surface area contributed by atoms with Gasteiger partial charge in [-0.3, -0.25) is 9.80 Å². The van der Waals surface area contributed by atoms with Gasteiger partial charge in [-0.05, 0) is 24.1 Å². The van der Waals surface area contributed by atoms with Gasteiger partial charge in [0.15, 0.2) is 0 Å². The van der Waals surface area contributed by atoms with Gasteiger partial charge in [-0.2, -0.15) is 0 Å². The zero-order valence-corrected chi connectivity index (χ0v) is 10.8. The molecule has 3 nitrogen and oxygen atoms in total. The third-order valence-electron chi connectivity index (χ3n) is 4.32. The van der Waals surface area contributed by atoms with Gasteiger partial charge in [0.05, 0.1) is 0 Å². The van der Waals surface area contributed by atoms with E-state index in [4.69, 9.17) is 5.73 Å². The molecule has 1 aromatic carbocycles. The Kier molecular flexibility index (Phi) is 3.09. The molecule has 3 saturated heterocycles. The van der Waals surface area contributed by atoms with Crippen LogP contribution < -0.4 is 5.73 Å². The van der Waals surface area contributed by atoms with E-state index >= 15 is 0 Å². The molecule has 3 heterocycles. The van der Waals surface area contributed by atoms with Gasteiger partial charge in [0, 0.05) is 44.8 Å². The lowest BCUT2D eigenvalue weighted by Crippen LogP contribution is -2.63. The van der Waals surface area contributed by atoms with Crippen LogP contribution in [0, 0.1) is 12.7 Å². The lowest BCUT2D eigenvalue weighted by molar-refractivity contribution is 0.00211. The van der Waals surface area contributed by atoms with E-state index in [1.807, 2.05) is 12.1 Å². The standard InChI is InChI=1S/C14H20FN3/c1-10-2-3-11(8-12(10)15)14(16)13-9-17-4-6-18(13)7-5-17/h2-3,8,13-14H,4-7,9,16H2,1H3. The molecule has 0 aromatic heterocycles. The number of nitrogens with zero attached hydrogens (tertiary/aromatic N) is 2. The molecule has 0 aliphatic carbocycles. The Morgan fingerprint density at radius 1 is 1.28 bits per heavy atom. The van der Waals surface area contributed by atoms with Crippen molar-refractivity contribution in [1.29, 1.82) is 0 Å². The zero-order chi connectivity index (χ0) is 12.7. The van der Waals surface area contributed by atoms with E-state index < -0.39 is 0 Å². The molecule has 98 valence electrons. The van der Waals surface area contributed by atoms with Crippen LogP contribution in [0.4, 0.5) is 4.39 Å². The maximum Gasteiger partial charge on any atom is 0.126 e. The predicted octanol–water partition coefficient (Wildman–Crippen LogP) is 1.13. The van der Waals surface area contributed by atoms with E-state index in [1.165, 1.54) is 0 Å². The average molecular weight is 249 g/mol. The van der Waals surface area contributed by atoms with Crippen molar-refractivity contribution in [3.8, 4) is 0 Å². The van der Waals surface area contributed by atoms with E-state index in [2.05, 4.69) is 9.80 Å². The number of piperazine rings is 3. The molecule has 2 unspecified atom stereocenters. The van der Waals surface area contributed by atoms with Crippen LogP contribution in [-0.2, 0) is 0 Å². The third kappa shape index (κ3) is 2.05. The monoisotopic (exact) mass is 249 g/mol. The van der Waals surface area contributed by atoms with Gasteiger partial charge in [0.2, 0.25) is 0 Å². The average Bonchev–Trinajstić information content (AvgIpc) is 2.42. The van der Waals surface area contributed by atoms with Crippen molar-refractivity contribution in [2.45, 2.75) is 19.0 Å². The van der Waals surface area contributed by atoms with Crippen molar-refractivity contribution in [2.75, 3.05) is 32.7 Å². The highest BCUT2D eigenvalue weighted by Gasteiger charge is 2.35. The normalized spacial score (nSPS) is 32.5. The van der Waals surface area contributed by atoms with Crippen LogP contribution in [0.2, 0.25) is 0 Å². The highest BCUT2D eigenvalue weighted by molar-refractivity contribution is 5.27. The molecule has 0 amide bonds. The minimum atomic E-state index is -0.153. The summed E-state index contributed by atoms with van der Waals surface area (Å²) in [6, 6.07) is 5.61. The maximum absolute atomic E-state index is 13.6. The van der Waals surface area contributed by atoms with E-state index in [0.29, 0.717) is 11.6 Å². The van der Waals surface area contributed by atoms with E-state index in [-0.39, 0.29) is 11.9 Å². The van der Waals surface area contributed by atoms with Gasteiger partial charge in [-0.25, -0.2) is 4.39 Å². The van der Waals surface area contributed by atoms with E-state index in [9.17, 15) is 4.39 Å². The zero-order valence-electron chi connectivity index (χ0n) is 10.8. The van der Waals surface area contributed by atoms with Gasteiger partial charge in [-0.15, -0.1) is 0 Å². The number of aryl methyl sites for hydroxylation is 1. The summed E-state index contributed by atoms with van der Waals surface area (Å²) in [5.74, 6) is -0.153. The van der Waals surface area contributed by atoms with Crippen molar-refractivity contribution in [1.82, 2.24) is 9.80 Å². The molecule has 0 spiro atoms. The third-order valence-corrected chi connectivity index (χ3v) is 4.32. The van der Waals surface area contributed by atoms with Gasteiger partial charge < -0.3 is 5.73 Å². The summed E-state index contributed by atoms with van der Waals surface area (Å²) in [4.78, 5) is 4.90. The Morgan fingerprint density at radius 3 is 2.56 bits per heavy atom. The molecule has 3 aliphatic rings. The largest absolute Gasteiger partial charge is 0.323 e. The molecule has 0 radical (unpaired) electrons. The first-order valence-electron chi connectivity index (χ1n) is 6.63. The summed E-state index contributed by atoms with van der Waals surface area (Å²) in [6.45, 7) is 7.26. The second-order valence-corrected chi connectivity index (χ2v) is 5.44. The highest BCUT2D eigenvalue weighted by atomic mass is 19.1. The fourth-order valence-electron chi connectivity index (χ4n) is 3.04. The second kappa shape index (κ2) is 4.61. The summed E-state index contributed by atoms with van der Waals surface area (Å²) in [5.41, 5.74) is 7.93. The van der Waals surface area contributed by atoms with E-state index in [0.717, 1.165) is 38.3 Å². The minimum Gasteiger partial charge on any atom is -0.323 e. The van der Waals surface area contributed by atoms with Crippen LogP contribution in [0.1, 0.15) is 17.2 Å². The Hall–Kier alpha value is -0.970. The Morgan fingerprint density at radius 2 is 2.00 bits per heavy atom. The van der Waals surface area contributed by atoms with Crippen LogP contribution in [0.3, 0.4) is 0 Å². The number of rotatable bonds is 2. The molecule has 4 heteroatoms. The Bertz CT molecular complexity index is 441. The molecule has 18 heavy (non-hydrogen) atoms. The number of benzene rings is 1. The first-order valence-corrected chi connectivity index (χ1v) is 6.63. The van der Waals surface area contributed by atoms with Crippen LogP contribution in [0.25, 0.3) is 0 Å². The van der Waals surface area contributed by atoms with Crippen molar-refractivity contribution >= 4 is 0 Å². The Balaban J connectivity index is 1.81. The molecule has 3 aliphatic heterocycles. The van der Waals surface area contributed by atoms with Gasteiger partial charge in [0.1, 0.15) is 5.82 Å². The number of hydrogen-bond donors (Lipinski definition) is 1. The fourth-order valence-corrected chi connectivity index (χ4v) is 3.04. The van der Waals surface area contributed by atoms with Gasteiger partial charge >= 0.3 is 0 Å². The first kappa shape index (κ1) is 12.1.